The molecule has 122 valence electrons. The first-order valence-corrected chi connectivity index (χ1v) is 7.43. The van der Waals surface area contributed by atoms with Crippen molar-refractivity contribution < 1.29 is 13.9 Å². The molecule has 0 fully saturated rings. The van der Waals surface area contributed by atoms with Crippen LogP contribution in [-0.2, 0) is 11.3 Å². The van der Waals surface area contributed by atoms with Crippen LogP contribution in [0.1, 0.15) is 31.9 Å². The van der Waals surface area contributed by atoms with Gasteiger partial charge in [0, 0.05) is 18.3 Å². The fraction of sp³-hybridized carbons (Fsp3) is 0.333. The molecule has 0 bridgehead atoms. The Kier molecular flexibility index (Phi) is 4.98. The molecular weight excluding hydrogens is 295 g/mol. The number of carbonyl (C=O) groups is 1. The first-order chi connectivity index (χ1) is 10.7. The van der Waals surface area contributed by atoms with Crippen LogP contribution in [0.2, 0.25) is 0 Å². The van der Waals surface area contributed by atoms with Gasteiger partial charge in [0.25, 0.3) is 0 Å². The van der Waals surface area contributed by atoms with Gasteiger partial charge in [-0.05, 0) is 69.2 Å². The molecule has 2 aromatic rings. The Morgan fingerprint density at radius 1 is 1.26 bits per heavy atom. The molecule has 2 rings (SSSR count). The summed E-state index contributed by atoms with van der Waals surface area (Å²) in [4.78, 5) is 16.1. The molecule has 4 nitrogen and oxygen atoms in total. The Balaban J connectivity index is 2.05. The number of alkyl carbamates (subject to hydrolysis) is 1. The van der Waals surface area contributed by atoms with E-state index >= 15 is 0 Å². The van der Waals surface area contributed by atoms with Gasteiger partial charge >= 0.3 is 6.09 Å². The lowest BCUT2D eigenvalue weighted by Crippen LogP contribution is -2.32. The summed E-state index contributed by atoms with van der Waals surface area (Å²) in [6, 6.07) is 8.11. The smallest absolute Gasteiger partial charge is 0.407 e. The molecule has 0 aliphatic rings. The number of carbonyl (C=O) groups excluding carboxylic acids is 1. The van der Waals surface area contributed by atoms with Gasteiger partial charge in [-0.1, -0.05) is 0 Å². The molecule has 0 atom stereocenters. The Morgan fingerprint density at radius 2 is 1.91 bits per heavy atom. The second-order valence-electron chi connectivity index (χ2n) is 6.36. The maximum absolute atomic E-state index is 13.0. The van der Waals surface area contributed by atoms with Gasteiger partial charge in [0.05, 0.1) is 5.69 Å². The van der Waals surface area contributed by atoms with E-state index < -0.39 is 11.7 Å². The standard InChI is InChI=1S/C18H21FN2O2/c1-12-9-16(13-5-7-15(19)8-6-13)20-10-14(12)11-21-17(22)23-18(2,3)4/h5-10H,11H2,1-4H3,(H,21,22). The lowest BCUT2D eigenvalue weighted by molar-refractivity contribution is 0.0523. The highest BCUT2D eigenvalue weighted by Gasteiger charge is 2.16. The van der Waals surface area contributed by atoms with E-state index in [9.17, 15) is 9.18 Å². The number of benzene rings is 1. The molecule has 0 aliphatic carbocycles. The lowest BCUT2D eigenvalue weighted by Gasteiger charge is -2.20. The zero-order valence-electron chi connectivity index (χ0n) is 13.8. The maximum atomic E-state index is 13.0. The fourth-order valence-corrected chi connectivity index (χ4v) is 2.03. The lowest BCUT2D eigenvalue weighted by atomic mass is 10.1. The summed E-state index contributed by atoms with van der Waals surface area (Å²) in [7, 11) is 0. The normalized spacial score (nSPS) is 11.2. The fourth-order valence-electron chi connectivity index (χ4n) is 2.03. The molecule has 0 radical (unpaired) electrons. The third-order valence-electron chi connectivity index (χ3n) is 3.18. The van der Waals surface area contributed by atoms with Gasteiger partial charge in [0.2, 0.25) is 0 Å². The van der Waals surface area contributed by atoms with E-state index in [1.54, 1.807) is 18.3 Å². The number of aromatic nitrogens is 1. The second-order valence-corrected chi connectivity index (χ2v) is 6.36. The predicted octanol–water partition coefficient (Wildman–Crippen LogP) is 4.22. The molecular formula is C18H21FN2O2. The summed E-state index contributed by atoms with van der Waals surface area (Å²) in [5.74, 6) is -0.274. The Hall–Kier alpha value is -2.43. The summed E-state index contributed by atoms with van der Waals surface area (Å²) in [5.41, 5.74) is 2.99. The van der Waals surface area contributed by atoms with Crippen molar-refractivity contribution in [1.29, 1.82) is 0 Å². The van der Waals surface area contributed by atoms with Crippen LogP contribution >= 0.6 is 0 Å². The summed E-state index contributed by atoms with van der Waals surface area (Å²) in [5, 5.41) is 2.71. The SMILES string of the molecule is Cc1cc(-c2ccc(F)cc2)ncc1CNC(=O)OC(C)(C)C. The van der Waals surface area contributed by atoms with Crippen molar-refractivity contribution >= 4 is 6.09 Å². The van der Waals surface area contributed by atoms with E-state index in [2.05, 4.69) is 10.3 Å². The van der Waals surface area contributed by atoms with Crippen LogP contribution < -0.4 is 5.32 Å². The molecule has 0 saturated carbocycles. The van der Waals surface area contributed by atoms with Gasteiger partial charge in [0.15, 0.2) is 0 Å². The maximum Gasteiger partial charge on any atom is 0.407 e. The van der Waals surface area contributed by atoms with Crippen LogP contribution in [0, 0.1) is 12.7 Å². The molecule has 1 aromatic carbocycles. The van der Waals surface area contributed by atoms with Crippen LogP contribution in [0.5, 0.6) is 0 Å². The van der Waals surface area contributed by atoms with Crippen molar-refractivity contribution in [3.8, 4) is 11.3 Å². The number of nitrogens with zero attached hydrogens (tertiary/aromatic N) is 1. The number of pyridine rings is 1. The molecule has 23 heavy (non-hydrogen) atoms. The van der Waals surface area contributed by atoms with Crippen molar-refractivity contribution in [3.63, 3.8) is 0 Å². The minimum absolute atomic E-state index is 0.274. The van der Waals surface area contributed by atoms with Gasteiger partial charge in [-0.2, -0.15) is 0 Å². The van der Waals surface area contributed by atoms with E-state index in [1.165, 1.54) is 12.1 Å². The van der Waals surface area contributed by atoms with Crippen molar-refractivity contribution in [2.45, 2.75) is 39.8 Å². The number of halogens is 1. The van der Waals surface area contributed by atoms with Gasteiger partial charge in [0.1, 0.15) is 11.4 Å². The van der Waals surface area contributed by atoms with Crippen LogP contribution in [0.15, 0.2) is 36.5 Å². The van der Waals surface area contributed by atoms with Crippen molar-refractivity contribution in [1.82, 2.24) is 10.3 Å². The monoisotopic (exact) mass is 316 g/mol. The zero-order chi connectivity index (χ0) is 17.0. The highest BCUT2D eigenvalue weighted by atomic mass is 19.1. The van der Waals surface area contributed by atoms with E-state index in [1.807, 2.05) is 33.8 Å². The zero-order valence-corrected chi connectivity index (χ0v) is 13.8. The van der Waals surface area contributed by atoms with E-state index in [0.29, 0.717) is 6.54 Å². The van der Waals surface area contributed by atoms with Gasteiger partial charge in [-0.3, -0.25) is 4.98 Å². The molecule has 0 unspecified atom stereocenters. The molecule has 5 heteroatoms. The number of ether oxygens (including phenoxy) is 1. The number of aryl methyl sites for hydroxylation is 1. The second kappa shape index (κ2) is 6.77. The minimum atomic E-state index is -0.524. The molecule has 1 N–H and O–H groups in total. The van der Waals surface area contributed by atoms with Gasteiger partial charge < -0.3 is 10.1 Å². The van der Waals surface area contributed by atoms with E-state index in [4.69, 9.17) is 4.74 Å². The van der Waals surface area contributed by atoms with E-state index in [-0.39, 0.29) is 5.82 Å². The van der Waals surface area contributed by atoms with E-state index in [0.717, 1.165) is 22.4 Å². The molecule has 1 amide bonds. The summed E-state index contributed by atoms with van der Waals surface area (Å²) in [6.45, 7) is 7.74. The first-order valence-electron chi connectivity index (χ1n) is 7.43. The largest absolute Gasteiger partial charge is 0.444 e. The third kappa shape index (κ3) is 5.06. The predicted molar refractivity (Wildman–Crippen MR) is 87.4 cm³/mol. The molecule has 0 aliphatic heterocycles. The Bertz CT molecular complexity index is 691. The first kappa shape index (κ1) is 16.9. The number of amides is 1. The highest BCUT2D eigenvalue weighted by Crippen LogP contribution is 2.20. The van der Waals surface area contributed by atoms with Crippen LogP contribution in [0.3, 0.4) is 0 Å². The Labute approximate surface area is 135 Å². The quantitative estimate of drug-likeness (QED) is 0.922. The average Bonchev–Trinajstić information content (AvgIpc) is 2.45. The van der Waals surface area contributed by atoms with Gasteiger partial charge in [-0.15, -0.1) is 0 Å². The minimum Gasteiger partial charge on any atom is -0.444 e. The van der Waals surface area contributed by atoms with Crippen molar-refractivity contribution in [3.05, 3.63) is 53.5 Å². The highest BCUT2D eigenvalue weighted by molar-refractivity contribution is 5.68. The van der Waals surface area contributed by atoms with Crippen LogP contribution in [0.4, 0.5) is 9.18 Å². The summed E-state index contributed by atoms with van der Waals surface area (Å²) >= 11 is 0. The third-order valence-corrected chi connectivity index (χ3v) is 3.18. The summed E-state index contributed by atoms with van der Waals surface area (Å²) < 4.78 is 18.2. The number of hydrogen-bond acceptors (Lipinski definition) is 3. The molecule has 1 heterocycles. The molecule has 1 aromatic heterocycles. The van der Waals surface area contributed by atoms with Gasteiger partial charge in [-0.25, -0.2) is 9.18 Å². The van der Waals surface area contributed by atoms with Crippen LogP contribution in [0.25, 0.3) is 11.3 Å². The van der Waals surface area contributed by atoms with Crippen molar-refractivity contribution in [2.24, 2.45) is 0 Å². The van der Waals surface area contributed by atoms with Crippen LogP contribution in [-0.4, -0.2) is 16.7 Å². The summed E-state index contributed by atoms with van der Waals surface area (Å²) in [6.07, 6.45) is 1.25. The molecule has 0 spiro atoms. The average molecular weight is 316 g/mol. The topological polar surface area (TPSA) is 51.2 Å². The van der Waals surface area contributed by atoms with Crippen molar-refractivity contribution in [2.75, 3.05) is 0 Å². The number of nitrogens with one attached hydrogen (secondary N) is 1. The number of rotatable bonds is 3. The number of hydrogen-bond donors (Lipinski definition) is 1. The molecule has 0 saturated heterocycles. The Morgan fingerprint density at radius 3 is 2.48 bits per heavy atom.